The van der Waals surface area contributed by atoms with E-state index in [1.807, 2.05) is 66.7 Å². The van der Waals surface area contributed by atoms with Crippen LogP contribution >= 0.6 is 0 Å². The van der Waals surface area contributed by atoms with E-state index in [0.29, 0.717) is 23.5 Å². The van der Waals surface area contributed by atoms with Crippen LogP contribution in [-0.2, 0) is 9.59 Å². The van der Waals surface area contributed by atoms with E-state index in [2.05, 4.69) is 22.9 Å². The molecule has 2 amide bonds. The van der Waals surface area contributed by atoms with Crippen LogP contribution < -0.4 is 20.7 Å². The van der Waals surface area contributed by atoms with Crippen LogP contribution in [0.25, 0.3) is 0 Å². The van der Waals surface area contributed by atoms with Crippen molar-refractivity contribution in [3.63, 3.8) is 0 Å². The molecule has 0 aliphatic carbocycles. The van der Waals surface area contributed by atoms with Crippen LogP contribution in [0.5, 0.6) is 11.5 Å². The van der Waals surface area contributed by atoms with Crippen LogP contribution in [0.3, 0.4) is 0 Å². The summed E-state index contributed by atoms with van der Waals surface area (Å²) in [7, 11) is 0. The van der Waals surface area contributed by atoms with E-state index in [4.69, 9.17) is 4.74 Å². The van der Waals surface area contributed by atoms with Gasteiger partial charge in [0, 0.05) is 23.5 Å². The van der Waals surface area contributed by atoms with Gasteiger partial charge in [-0.1, -0.05) is 44.0 Å². The number of unbranched alkanes of at least 4 members (excludes halogenated alkanes) is 2. The van der Waals surface area contributed by atoms with Crippen molar-refractivity contribution < 1.29 is 14.3 Å². The van der Waals surface area contributed by atoms with Crippen molar-refractivity contribution in [2.75, 3.05) is 22.5 Å². The molecule has 32 heavy (non-hydrogen) atoms. The van der Waals surface area contributed by atoms with Crippen LogP contribution in [-0.4, -0.2) is 18.4 Å². The molecule has 0 unspecified atom stereocenters. The fourth-order valence-electron chi connectivity index (χ4n) is 3.08. The van der Waals surface area contributed by atoms with E-state index in [9.17, 15) is 9.59 Å². The number of rotatable bonds is 11. The molecule has 3 aromatic carbocycles. The zero-order valence-electron chi connectivity index (χ0n) is 18.3. The lowest BCUT2D eigenvalue weighted by atomic mass is 10.2. The Balaban J connectivity index is 1.45. The first-order valence-corrected chi connectivity index (χ1v) is 10.9. The summed E-state index contributed by atoms with van der Waals surface area (Å²) in [5.41, 5.74) is 2.16. The highest BCUT2D eigenvalue weighted by Gasteiger charge is 2.06. The van der Waals surface area contributed by atoms with Gasteiger partial charge in [-0.15, -0.1) is 0 Å². The molecule has 0 saturated carbocycles. The van der Waals surface area contributed by atoms with Crippen LogP contribution in [0, 0.1) is 0 Å². The summed E-state index contributed by atoms with van der Waals surface area (Å²) in [5.74, 6) is 1.29. The number of nitrogens with one attached hydrogen (secondary N) is 3. The standard InChI is InChI=1S/C26H29N3O3/c1-2-3-5-13-25(30)29-22-10-8-9-21(18-22)27-19-26(31)28-20-14-16-24(17-15-20)32-23-11-6-4-7-12-23/h4,6-12,14-18,27H,2-3,5,13,19H2,1H3,(H,28,31)(H,29,30). The first kappa shape index (κ1) is 22.9. The number of ether oxygens (including phenoxy) is 1. The average molecular weight is 432 g/mol. The molecule has 3 rings (SSSR count). The van der Waals surface area contributed by atoms with Gasteiger partial charge in [0.1, 0.15) is 11.5 Å². The molecule has 0 spiro atoms. The molecule has 166 valence electrons. The van der Waals surface area contributed by atoms with Crippen molar-refractivity contribution in [2.24, 2.45) is 0 Å². The summed E-state index contributed by atoms with van der Waals surface area (Å²) in [6.45, 7) is 2.22. The molecule has 0 saturated heterocycles. The van der Waals surface area contributed by atoms with Crippen molar-refractivity contribution in [3.05, 3.63) is 78.9 Å². The van der Waals surface area contributed by atoms with Crippen LogP contribution in [0.15, 0.2) is 78.9 Å². The Kier molecular flexibility index (Phi) is 8.69. The number of benzene rings is 3. The minimum absolute atomic E-state index is 0.00744. The number of anilines is 3. The normalized spacial score (nSPS) is 10.3. The summed E-state index contributed by atoms with van der Waals surface area (Å²) in [6, 6.07) is 24.1. The molecule has 0 fully saturated rings. The second kappa shape index (κ2) is 12.2. The molecule has 0 aromatic heterocycles. The smallest absolute Gasteiger partial charge is 0.243 e. The van der Waals surface area contributed by atoms with Gasteiger partial charge in [-0.25, -0.2) is 0 Å². The van der Waals surface area contributed by atoms with E-state index in [1.54, 1.807) is 12.1 Å². The number of para-hydroxylation sites is 1. The van der Waals surface area contributed by atoms with Crippen LogP contribution in [0.1, 0.15) is 32.6 Å². The van der Waals surface area contributed by atoms with Gasteiger partial charge in [-0.05, 0) is 61.0 Å². The second-order valence-electron chi connectivity index (χ2n) is 7.43. The van der Waals surface area contributed by atoms with Gasteiger partial charge in [-0.2, -0.15) is 0 Å². The monoisotopic (exact) mass is 431 g/mol. The predicted molar refractivity (Wildman–Crippen MR) is 129 cm³/mol. The molecule has 6 nitrogen and oxygen atoms in total. The van der Waals surface area contributed by atoms with Crippen molar-refractivity contribution in [1.29, 1.82) is 0 Å². The molecule has 0 radical (unpaired) electrons. The number of hydrogen-bond donors (Lipinski definition) is 3. The Hall–Kier alpha value is -3.80. The van der Waals surface area contributed by atoms with Crippen molar-refractivity contribution >= 4 is 28.9 Å². The van der Waals surface area contributed by atoms with Gasteiger partial charge >= 0.3 is 0 Å². The Morgan fingerprint density at radius 1 is 0.719 bits per heavy atom. The van der Waals surface area contributed by atoms with Crippen LogP contribution in [0.4, 0.5) is 17.1 Å². The van der Waals surface area contributed by atoms with Gasteiger partial charge < -0.3 is 20.7 Å². The highest BCUT2D eigenvalue weighted by Crippen LogP contribution is 2.22. The Labute approximate surface area is 189 Å². The minimum Gasteiger partial charge on any atom is -0.457 e. The number of carbonyl (C=O) groups excluding carboxylic acids is 2. The molecular formula is C26H29N3O3. The maximum absolute atomic E-state index is 12.3. The molecule has 0 atom stereocenters. The minimum atomic E-state index is -0.171. The van der Waals surface area contributed by atoms with Gasteiger partial charge in [0.2, 0.25) is 11.8 Å². The highest BCUT2D eigenvalue weighted by molar-refractivity contribution is 5.94. The van der Waals surface area contributed by atoms with Gasteiger partial charge in [0.25, 0.3) is 0 Å². The first-order chi connectivity index (χ1) is 15.6. The lowest BCUT2D eigenvalue weighted by Crippen LogP contribution is -2.21. The van der Waals surface area contributed by atoms with Gasteiger partial charge in [0.15, 0.2) is 0 Å². The lowest BCUT2D eigenvalue weighted by Gasteiger charge is -2.11. The predicted octanol–water partition coefficient (Wildman–Crippen LogP) is 6.05. The molecule has 3 aromatic rings. The fourth-order valence-corrected chi connectivity index (χ4v) is 3.08. The molecular weight excluding hydrogens is 402 g/mol. The van der Waals surface area contributed by atoms with E-state index in [-0.39, 0.29) is 18.4 Å². The first-order valence-electron chi connectivity index (χ1n) is 10.9. The zero-order chi connectivity index (χ0) is 22.6. The third-order valence-electron chi connectivity index (χ3n) is 4.72. The molecule has 0 aliphatic rings. The molecule has 0 aliphatic heterocycles. The highest BCUT2D eigenvalue weighted by atomic mass is 16.5. The van der Waals surface area contributed by atoms with E-state index >= 15 is 0 Å². The van der Waals surface area contributed by atoms with E-state index in [1.165, 1.54) is 0 Å². The number of amides is 2. The maximum atomic E-state index is 12.3. The summed E-state index contributed by atoms with van der Waals surface area (Å²) in [5, 5.41) is 8.84. The van der Waals surface area contributed by atoms with Gasteiger partial charge in [0.05, 0.1) is 6.54 Å². The SMILES string of the molecule is CCCCCC(=O)Nc1cccc(NCC(=O)Nc2ccc(Oc3ccccc3)cc2)c1. The second-order valence-corrected chi connectivity index (χ2v) is 7.43. The zero-order valence-corrected chi connectivity index (χ0v) is 18.3. The summed E-state index contributed by atoms with van der Waals surface area (Å²) in [6.07, 6.45) is 3.54. The van der Waals surface area contributed by atoms with Crippen molar-refractivity contribution in [3.8, 4) is 11.5 Å². The molecule has 6 heteroatoms. The quantitative estimate of drug-likeness (QED) is 0.323. The molecule has 0 bridgehead atoms. The van der Waals surface area contributed by atoms with Crippen molar-refractivity contribution in [1.82, 2.24) is 0 Å². The Morgan fingerprint density at radius 3 is 2.16 bits per heavy atom. The summed E-state index contributed by atoms with van der Waals surface area (Å²) < 4.78 is 5.75. The largest absolute Gasteiger partial charge is 0.457 e. The lowest BCUT2D eigenvalue weighted by molar-refractivity contribution is -0.116. The fraction of sp³-hybridized carbons (Fsp3) is 0.231. The van der Waals surface area contributed by atoms with Gasteiger partial charge in [-0.3, -0.25) is 9.59 Å². The number of carbonyl (C=O) groups is 2. The Bertz CT molecular complexity index is 1000. The molecule has 0 heterocycles. The summed E-state index contributed by atoms with van der Waals surface area (Å²) in [4.78, 5) is 24.3. The third kappa shape index (κ3) is 7.80. The topological polar surface area (TPSA) is 79.5 Å². The van der Waals surface area contributed by atoms with Crippen molar-refractivity contribution in [2.45, 2.75) is 32.6 Å². The average Bonchev–Trinajstić information content (AvgIpc) is 2.80. The number of hydrogen-bond acceptors (Lipinski definition) is 4. The molecule has 3 N–H and O–H groups in total. The maximum Gasteiger partial charge on any atom is 0.243 e. The van der Waals surface area contributed by atoms with E-state index < -0.39 is 0 Å². The van der Waals surface area contributed by atoms with E-state index in [0.717, 1.165) is 30.7 Å². The van der Waals surface area contributed by atoms with Crippen LogP contribution in [0.2, 0.25) is 0 Å². The Morgan fingerprint density at radius 2 is 1.41 bits per heavy atom. The third-order valence-corrected chi connectivity index (χ3v) is 4.72. The summed E-state index contributed by atoms with van der Waals surface area (Å²) >= 11 is 0.